The Morgan fingerprint density at radius 2 is 1.95 bits per heavy atom. The molecule has 1 aromatic carbocycles. The molecule has 112 valence electrons. The maximum absolute atomic E-state index is 8.93. The minimum absolute atomic E-state index is 0.0960. The number of aromatic nitrogens is 2. The number of aliphatic hydroxyl groups excluding tert-OH is 1. The minimum atomic E-state index is -0.0960. The van der Waals surface area contributed by atoms with Crippen molar-refractivity contribution in [1.82, 2.24) is 9.97 Å². The molecule has 0 saturated carbocycles. The Morgan fingerprint density at radius 3 is 2.68 bits per heavy atom. The van der Waals surface area contributed by atoms with Crippen LogP contribution in [0.3, 0.4) is 0 Å². The predicted molar refractivity (Wildman–Crippen MR) is 81.4 cm³/mol. The highest BCUT2D eigenvalue weighted by molar-refractivity contribution is 6.33. The fourth-order valence-corrected chi connectivity index (χ4v) is 2.13. The average molecular weight is 317 g/mol. The normalized spacial score (nSPS) is 10.6. The molecule has 0 amide bonds. The minimum Gasteiger partial charge on any atom is -0.482 e. The Morgan fingerprint density at radius 1 is 1.09 bits per heavy atom. The molecule has 0 fully saturated rings. The highest BCUT2D eigenvalue weighted by Crippen LogP contribution is 2.28. The second-order valence-electron chi connectivity index (χ2n) is 4.53. The first-order valence-electron chi connectivity index (χ1n) is 6.64. The zero-order valence-corrected chi connectivity index (χ0v) is 12.3. The summed E-state index contributed by atoms with van der Waals surface area (Å²) in [6, 6.07) is 10.8. The van der Waals surface area contributed by atoms with Crippen molar-refractivity contribution in [2.75, 3.05) is 0 Å². The Labute approximate surface area is 132 Å². The molecule has 0 aliphatic heterocycles. The molecule has 1 N–H and O–H groups in total. The van der Waals surface area contributed by atoms with Gasteiger partial charge in [-0.05, 0) is 24.3 Å². The summed E-state index contributed by atoms with van der Waals surface area (Å²) in [5.74, 6) is 1.62. The van der Waals surface area contributed by atoms with Gasteiger partial charge in [0.15, 0.2) is 12.4 Å². The van der Waals surface area contributed by atoms with Gasteiger partial charge in [-0.3, -0.25) is 4.98 Å². The van der Waals surface area contributed by atoms with Gasteiger partial charge in [0.25, 0.3) is 0 Å². The number of hydrogen-bond donors (Lipinski definition) is 1. The molecule has 2 heterocycles. The van der Waals surface area contributed by atoms with E-state index < -0.39 is 0 Å². The largest absolute Gasteiger partial charge is 0.482 e. The Kier molecular flexibility index (Phi) is 4.37. The third-order valence-corrected chi connectivity index (χ3v) is 3.34. The van der Waals surface area contributed by atoms with Crippen LogP contribution in [0.25, 0.3) is 11.3 Å². The average Bonchev–Trinajstić information content (AvgIpc) is 3.02. The van der Waals surface area contributed by atoms with E-state index in [0.29, 0.717) is 28.1 Å². The third kappa shape index (κ3) is 3.27. The van der Waals surface area contributed by atoms with Crippen molar-refractivity contribution in [2.45, 2.75) is 13.2 Å². The van der Waals surface area contributed by atoms with Crippen LogP contribution in [0.5, 0.6) is 5.75 Å². The number of aliphatic hydroxyl groups is 1. The van der Waals surface area contributed by atoms with Gasteiger partial charge in [0, 0.05) is 5.56 Å². The summed E-state index contributed by atoms with van der Waals surface area (Å²) in [5, 5.41) is 9.54. The van der Waals surface area contributed by atoms with Crippen molar-refractivity contribution in [3.8, 4) is 17.1 Å². The second kappa shape index (κ2) is 6.60. The lowest BCUT2D eigenvalue weighted by Crippen LogP contribution is -1.97. The molecule has 0 spiro atoms. The molecule has 2 aromatic heterocycles. The molecule has 0 bridgehead atoms. The van der Waals surface area contributed by atoms with Gasteiger partial charge in [-0.25, -0.2) is 4.98 Å². The number of ether oxygens (including phenoxy) is 1. The maximum Gasteiger partial charge on any atom is 0.232 e. The number of halogens is 1. The van der Waals surface area contributed by atoms with Gasteiger partial charge in [-0.1, -0.05) is 23.7 Å². The molecular formula is C16H13ClN2O3. The molecule has 3 rings (SSSR count). The van der Waals surface area contributed by atoms with Gasteiger partial charge in [-0.2, -0.15) is 0 Å². The zero-order chi connectivity index (χ0) is 15.4. The summed E-state index contributed by atoms with van der Waals surface area (Å²) >= 11 is 6.12. The molecule has 0 aliphatic rings. The lowest BCUT2D eigenvalue weighted by atomic mass is 10.2. The van der Waals surface area contributed by atoms with E-state index in [1.54, 1.807) is 30.6 Å². The third-order valence-electron chi connectivity index (χ3n) is 3.01. The SMILES string of the molecule is OCc1ccc(OCc2ncc(-c3ccccc3Cl)o2)cn1. The summed E-state index contributed by atoms with van der Waals surface area (Å²) < 4.78 is 11.2. The van der Waals surface area contributed by atoms with Crippen LogP contribution >= 0.6 is 11.6 Å². The van der Waals surface area contributed by atoms with E-state index in [1.807, 2.05) is 18.2 Å². The van der Waals surface area contributed by atoms with Gasteiger partial charge in [-0.15, -0.1) is 0 Å². The predicted octanol–water partition coefficient (Wildman–Crippen LogP) is 3.46. The molecule has 22 heavy (non-hydrogen) atoms. The van der Waals surface area contributed by atoms with Crippen LogP contribution in [0.1, 0.15) is 11.6 Å². The van der Waals surface area contributed by atoms with Crippen molar-refractivity contribution < 1.29 is 14.3 Å². The van der Waals surface area contributed by atoms with E-state index in [-0.39, 0.29) is 13.2 Å². The number of nitrogens with zero attached hydrogens (tertiary/aromatic N) is 2. The van der Waals surface area contributed by atoms with Crippen LogP contribution in [-0.2, 0) is 13.2 Å². The van der Waals surface area contributed by atoms with Gasteiger partial charge < -0.3 is 14.3 Å². The van der Waals surface area contributed by atoms with E-state index in [4.69, 9.17) is 25.9 Å². The van der Waals surface area contributed by atoms with Crippen LogP contribution in [0.15, 0.2) is 53.2 Å². The van der Waals surface area contributed by atoms with Gasteiger partial charge in [0.05, 0.1) is 29.7 Å². The van der Waals surface area contributed by atoms with Gasteiger partial charge >= 0.3 is 0 Å². The van der Waals surface area contributed by atoms with Crippen molar-refractivity contribution in [1.29, 1.82) is 0 Å². The van der Waals surface area contributed by atoms with Crippen LogP contribution in [0.2, 0.25) is 5.02 Å². The fraction of sp³-hybridized carbons (Fsp3) is 0.125. The molecule has 5 nitrogen and oxygen atoms in total. The van der Waals surface area contributed by atoms with E-state index >= 15 is 0 Å². The number of hydrogen-bond acceptors (Lipinski definition) is 5. The Bertz CT molecular complexity index is 756. The van der Waals surface area contributed by atoms with Crippen LogP contribution < -0.4 is 4.74 Å². The molecule has 0 atom stereocenters. The lowest BCUT2D eigenvalue weighted by Gasteiger charge is -2.03. The summed E-state index contributed by atoms with van der Waals surface area (Å²) in [6.07, 6.45) is 3.16. The molecule has 0 aliphatic carbocycles. The molecule has 0 unspecified atom stereocenters. The van der Waals surface area contributed by atoms with Gasteiger partial charge in [0.1, 0.15) is 5.75 Å². The summed E-state index contributed by atoms with van der Waals surface area (Å²) in [5.41, 5.74) is 1.38. The summed E-state index contributed by atoms with van der Waals surface area (Å²) in [6.45, 7) is 0.0891. The van der Waals surface area contributed by atoms with Crippen LogP contribution in [-0.4, -0.2) is 15.1 Å². The number of pyridine rings is 1. The van der Waals surface area contributed by atoms with Crippen LogP contribution in [0.4, 0.5) is 0 Å². The first-order valence-corrected chi connectivity index (χ1v) is 7.02. The molecular weight excluding hydrogens is 304 g/mol. The Balaban J connectivity index is 1.68. The molecule has 0 saturated heterocycles. The van der Waals surface area contributed by atoms with E-state index in [0.717, 1.165) is 5.56 Å². The van der Waals surface area contributed by atoms with Crippen molar-refractivity contribution >= 4 is 11.6 Å². The van der Waals surface area contributed by atoms with E-state index in [2.05, 4.69) is 9.97 Å². The number of rotatable bonds is 5. The highest BCUT2D eigenvalue weighted by atomic mass is 35.5. The number of oxazole rings is 1. The summed E-state index contributed by atoms with van der Waals surface area (Å²) in [7, 11) is 0. The fourth-order valence-electron chi connectivity index (χ4n) is 1.90. The molecule has 6 heteroatoms. The van der Waals surface area contributed by atoms with Crippen LogP contribution in [0, 0.1) is 0 Å². The quantitative estimate of drug-likeness (QED) is 0.780. The Hall–Kier alpha value is -2.37. The van der Waals surface area contributed by atoms with Crippen molar-refractivity contribution in [3.63, 3.8) is 0 Å². The monoisotopic (exact) mass is 316 g/mol. The lowest BCUT2D eigenvalue weighted by molar-refractivity contribution is 0.260. The van der Waals surface area contributed by atoms with Gasteiger partial charge in [0.2, 0.25) is 5.89 Å². The van der Waals surface area contributed by atoms with Crippen molar-refractivity contribution in [2.24, 2.45) is 0 Å². The maximum atomic E-state index is 8.93. The first-order chi connectivity index (χ1) is 10.8. The highest BCUT2D eigenvalue weighted by Gasteiger charge is 2.10. The number of benzene rings is 1. The van der Waals surface area contributed by atoms with E-state index in [1.165, 1.54) is 0 Å². The van der Waals surface area contributed by atoms with Crippen molar-refractivity contribution in [3.05, 3.63) is 65.4 Å². The standard InChI is InChI=1S/C16H13ClN2O3/c17-14-4-2-1-3-13(14)15-8-19-16(22-15)10-21-12-6-5-11(9-20)18-7-12/h1-8,20H,9-10H2. The topological polar surface area (TPSA) is 68.4 Å². The summed E-state index contributed by atoms with van der Waals surface area (Å²) in [4.78, 5) is 8.20. The smallest absolute Gasteiger partial charge is 0.232 e. The molecule has 0 radical (unpaired) electrons. The van der Waals surface area contributed by atoms with E-state index in [9.17, 15) is 0 Å². The zero-order valence-electron chi connectivity index (χ0n) is 11.6. The first kappa shape index (κ1) is 14.6. The molecule has 3 aromatic rings. The second-order valence-corrected chi connectivity index (χ2v) is 4.94.